The molecule has 0 aliphatic carbocycles. The van der Waals surface area contributed by atoms with Crippen LogP contribution in [0.1, 0.15) is 54.2 Å². The van der Waals surface area contributed by atoms with Gasteiger partial charge in [-0.1, -0.05) is 26.0 Å². The number of hydrogen-bond donors (Lipinski definition) is 1. The molecule has 0 atom stereocenters. The summed E-state index contributed by atoms with van der Waals surface area (Å²) in [6.07, 6.45) is 2.36. The monoisotopic (exact) mass is 426 g/mol. The highest BCUT2D eigenvalue weighted by molar-refractivity contribution is 7.37. The van der Waals surface area contributed by atoms with Gasteiger partial charge in [-0.25, -0.2) is 0 Å². The minimum absolute atomic E-state index is 0.00153. The molecule has 1 N–H and O–H groups in total. The first-order valence-electron chi connectivity index (χ1n) is 10.5. The topological polar surface area (TPSA) is 32.3 Å². The van der Waals surface area contributed by atoms with Gasteiger partial charge in [0.25, 0.3) is 0 Å². The molecule has 1 aliphatic rings. The number of rotatable bonds is 5. The predicted octanol–water partition coefficient (Wildman–Crippen LogP) is 6.55. The van der Waals surface area contributed by atoms with Gasteiger partial charge < -0.3 is 5.32 Å². The van der Waals surface area contributed by atoms with Crippen LogP contribution in [0.15, 0.2) is 29.6 Å². The molecule has 0 bridgehead atoms. The van der Waals surface area contributed by atoms with E-state index < -0.39 is 0 Å². The Bertz CT molecular complexity index is 1010. The van der Waals surface area contributed by atoms with Gasteiger partial charge in [-0.3, -0.25) is 9.69 Å². The van der Waals surface area contributed by atoms with Crippen molar-refractivity contribution in [1.82, 2.24) is 4.90 Å². The number of amides is 1. The smallest absolute Gasteiger partial charge is 0.226 e. The largest absolute Gasteiger partial charge is 0.326 e. The molecule has 1 saturated heterocycles. The van der Waals surface area contributed by atoms with E-state index in [4.69, 9.17) is 0 Å². The standard InChI is InChI=1S/C24H30N2OS2/c1-15(2)23(27)25-20-7-5-6-19(12-20)18-8-10-26(11-9-18)13-21-17(4)22-16(3)14-28-24(22)29-21/h5-7,12,14-15,18H,8-11,13H2,1-4H3,(H,25,27). The maximum absolute atomic E-state index is 12.0. The molecule has 0 saturated carbocycles. The number of likely N-dealkylation sites (tertiary alicyclic amines) is 1. The molecule has 0 unspecified atom stereocenters. The number of benzene rings is 1. The molecule has 3 heterocycles. The second kappa shape index (κ2) is 8.58. The normalized spacial score (nSPS) is 16.0. The van der Waals surface area contributed by atoms with Gasteiger partial charge in [0, 0.05) is 28.4 Å². The quantitative estimate of drug-likeness (QED) is 0.501. The summed E-state index contributed by atoms with van der Waals surface area (Å²) in [6.45, 7) is 11.7. The first-order valence-corrected chi connectivity index (χ1v) is 12.2. The molecule has 2 aromatic heterocycles. The number of fused-ring (bicyclic) bond motifs is 1. The number of aryl methyl sites for hydroxylation is 2. The third-order valence-corrected chi connectivity index (χ3v) is 8.55. The number of hydrogen-bond acceptors (Lipinski definition) is 4. The van der Waals surface area contributed by atoms with E-state index in [9.17, 15) is 4.79 Å². The third-order valence-electron chi connectivity index (χ3n) is 6.06. The van der Waals surface area contributed by atoms with Crippen molar-refractivity contribution < 1.29 is 4.79 Å². The highest BCUT2D eigenvalue weighted by Gasteiger charge is 2.23. The second-order valence-electron chi connectivity index (χ2n) is 8.55. The summed E-state index contributed by atoms with van der Waals surface area (Å²) in [5.41, 5.74) is 5.19. The Balaban J connectivity index is 1.38. The number of piperidine rings is 1. The summed E-state index contributed by atoms with van der Waals surface area (Å²) in [4.78, 5) is 16.1. The Morgan fingerprint density at radius 2 is 2.00 bits per heavy atom. The molecule has 154 valence electrons. The van der Waals surface area contributed by atoms with Gasteiger partial charge in [0.15, 0.2) is 0 Å². The lowest BCUT2D eigenvalue weighted by molar-refractivity contribution is -0.118. The molecule has 0 radical (unpaired) electrons. The van der Waals surface area contributed by atoms with Crippen LogP contribution >= 0.6 is 22.7 Å². The molecule has 5 heteroatoms. The van der Waals surface area contributed by atoms with Gasteiger partial charge >= 0.3 is 0 Å². The van der Waals surface area contributed by atoms with Gasteiger partial charge in [-0.2, -0.15) is 0 Å². The van der Waals surface area contributed by atoms with Crippen molar-refractivity contribution in [3.05, 3.63) is 51.2 Å². The van der Waals surface area contributed by atoms with Crippen LogP contribution in [0.5, 0.6) is 0 Å². The molecule has 3 nitrogen and oxygen atoms in total. The first kappa shape index (κ1) is 20.6. The van der Waals surface area contributed by atoms with E-state index in [2.05, 4.69) is 47.6 Å². The number of nitrogens with one attached hydrogen (secondary N) is 1. The molecule has 1 aromatic carbocycles. The zero-order chi connectivity index (χ0) is 20.5. The zero-order valence-electron chi connectivity index (χ0n) is 17.7. The summed E-state index contributed by atoms with van der Waals surface area (Å²) in [5.74, 6) is 0.664. The molecular formula is C24H30N2OS2. The first-order chi connectivity index (χ1) is 13.9. The lowest BCUT2D eigenvalue weighted by Crippen LogP contribution is -2.32. The van der Waals surface area contributed by atoms with E-state index in [-0.39, 0.29) is 11.8 Å². The molecule has 1 aliphatic heterocycles. The number of thiophene rings is 2. The van der Waals surface area contributed by atoms with E-state index in [1.165, 1.54) is 43.8 Å². The van der Waals surface area contributed by atoms with Crippen molar-refractivity contribution in [2.24, 2.45) is 5.92 Å². The summed E-state index contributed by atoms with van der Waals surface area (Å²) in [5, 5.41) is 6.81. The Morgan fingerprint density at radius 3 is 2.69 bits per heavy atom. The fraction of sp³-hybridized carbons (Fsp3) is 0.458. The Labute approximate surface area is 181 Å². The minimum atomic E-state index is 0.00153. The van der Waals surface area contributed by atoms with Crippen LogP contribution in [0.2, 0.25) is 0 Å². The summed E-state index contributed by atoms with van der Waals surface area (Å²) in [7, 11) is 0. The highest BCUT2D eigenvalue weighted by Crippen LogP contribution is 2.39. The van der Waals surface area contributed by atoms with Crippen molar-refractivity contribution in [3.8, 4) is 0 Å². The summed E-state index contributed by atoms with van der Waals surface area (Å²) in [6, 6.07) is 8.44. The van der Waals surface area contributed by atoms with Gasteiger partial charge in [-0.05, 0) is 79.9 Å². The zero-order valence-corrected chi connectivity index (χ0v) is 19.4. The number of carbonyl (C=O) groups excluding carboxylic acids is 1. The van der Waals surface area contributed by atoms with Gasteiger partial charge in [0.1, 0.15) is 0 Å². The summed E-state index contributed by atoms with van der Waals surface area (Å²) < 4.78 is 1.48. The van der Waals surface area contributed by atoms with Crippen LogP contribution in [0, 0.1) is 19.8 Å². The van der Waals surface area contributed by atoms with Crippen molar-refractivity contribution >= 4 is 43.7 Å². The Kier molecular flexibility index (Phi) is 6.09. The maximum atomic E-state index is 12.0. The average Bonchev–Trinajstić information content (AvgIpc) is 3.22. The Morgan fingerprint density at radius 1 is 1.24 bits per heavy atom. The fourth-order valence-electron chi connectivity index (χ4n) is 4.21. The number of nitrogens with zero attached hydrogens (tertiary/aromatic N) is 1. The predicted molar refractivity (Wildman–Crippen MR) is 126 cm³/mol. The van der Waals surface area contributed by atoms with Crippen molar-refractivity contribution in [2.75, 3.05) is 18.4 Å². The van der Waals surface area contributed by atoms with E-state index in [1.807, 2.05) is 42.6 Å². The molecular weight excluding hydrogens is 396 g/mol. The van der Waals surface area contributed by atoms with Crippen LogP contribution in [-0.4, -0.2) is 23.9 Å². The number of anilines is 1. The van der Waals surface area contributed by atoms with Gasteiger partial charge in [0.05, 0.1) is 4.01 Å². The Hall–Kier alpha value is -1.69. The minimum Gasteiger partial charge on any atom is -0.326 e. The van der Waals surface area contributed by atoms with Crippen molar-refractivity contribution in [2.45, 2.75) is 53.0 Å². The second-order valence-corrected chi connectivity index (χ2v) is 10.8. The van der Waals surface area contributed by atoms with Gasteiger partial charge in [-0.15, -0.1) is 22.7 Å². The third kappa shape index (κ3) is 4.42. The lowest BCUT2D eigenvalue weighted by Gasteiger charge is -2.32. The maximum Gasteiger partial charge on any atom is 0.226 e. The molecule has 4 rings (SSSR count). The van der Waals surface area contributed by atoms with E-state index in [0.717, 1.165) is 25.3 Å². The molecule has 3 aromatic rings. The van der Waals surface area contributed by atoms with Crippen molar-refractivity contribution in [1.29, 1.82) is 0 Å². The van der Waals surface area contributed by atoms with E-state index >= 15 is 0 Å². The lowest BCUT2D eigenvalue weighted by atomic mass is 9.89. The molecule has 1 fully saturated rings. The van der Waals surface area contributed by atoms with Crippen LogP contribution in [0.3, 0.4) is 0 Å². The fourth-order valence-corrected chi connectivity index (χ4v) is 6.82. The van der Waals surface area contributed by atoms with Crippen LogP contribution in [0.25, 0.3) is 9.40 Å². The summed E-state index contributed by atoms with van der Waals surface area (Å²) >= 11 is 3.87. The van der Waals surface area contributed by atoms with Crippen molar-refractivity contribution in [3.63, 3.8) is 0 Å². The highest BCUT2D eigenvalue weighted by atomic mass is 32.2. The molecule has 0 spiro atoms. The number of carbonyl (C=O) groups is 1. The average molecular weight is 427 g/mol. The van der Waals surface area contributed by atoms with E-state index in [1.54, 1.807) is 0 Å². The van der Waals surface area contributed by atoms with E-state index in [0.29, 0.717) is 5.92 Å². The molecule has 29 heavy (non-hydrogen) atoms. The van der Waals surface area contributed by atoms with Crippen LogP contribution in [-0.2, 0) is 11.3 Å². The van der Waals surface area contributed by atoms with Crippen LogP contribution in [0.4, 0.5) is 5.69 Å². The molecule has 1 amide bonds. The van der Waals surface area contributed by atoms with Crippen LogP contribution < -0.4 is 5.32 Å². The SMILES string of the molecule is Cc1csc2sc(CN3CCC(c4cccc(NC(=O)C(C)C)c4)CC3)c(C)c12. The van der Waals surface area contributed by atoms with Gasteiger partial charge in [0.2, 0.25) is 5.91 Å².